The molecule has 0 unspecified atom stereocenters. The maximum Gasteiger partial charge on any atom is 0.305 e. The van der Waals surface area contributed by atoms with Crippen molar-refractivity contribution in [3.8, 4) is 0 Å². The van der Waals surface area contributed by atoms with E-state index in [1.54, 1.807) is 6.92 Å². The second kappa shape index (κ2) is 12.4. The van der Waals surface area contributed by atoms with Crippen molar-refractivity contribution in [1.29, 1.82) is 0 Å². The van der Waals surface area contributed by atoms with Crippen molar-refractivity contribution in [3.05, 3.63) is 0 Å². The van der Waals surface area contributed by atoms with Crippen LogP contribution in [0.25, 0.3) is 0 Å². The van der Waals surface area contributed by atoms with Crippen LogP contribution >= 0.6 is 0 Å². The average molecular weight is 258 g/mol. The summed E-state index contributed by atoms with van der Waals surface area (Å²) in [7, 11) is 0. The summed E-state index contributed by atoms with van der Waals surface area (Å²) in [5.74, 6) is -0.346. The van der Waals surface area contributed by atoms with Gasteiger partial charge in [-0.1, -0.05) is 26.2 Å². The molecule has 0 aromatic heterocycles. The van der Waals surface area contributed by atoms with Gasteiger partial charge in [0, 0.05) is 12.8 Å². The minimum Gasteiger partial charge on any atom is -0.466 e. The van der Waals surface area contributed by atoms with Crippen molar-refractivity contribution in [1.82, 2.24) is 0 Å². The minimum absolute atomic E-state index is 0.157. The molecule has 0 bridgehead atoms. The Bertz CT molecular complexity index is 226. The van der Waals surface area contributed by atoms with Crippen LogP contribution in [0.1, 0.15) is 65.2 Å². The smallest absolute Gasteiger partial charge is 0.305 e. The molecule has 0 rings (SSSR count). The van der Waals surface area contributed by atoms with E-state index in [-0.39, 0.29) is 11.9 Å². The fraction of sp³-hybridized carbons (Fsp3) is 0.857. The van der Waals surface area contributed by atoms with Crippen LogP contribution < -0.4 is 0 Å². The number of rotatable bonds is 11. The molecule has 4 nitrogen and oxygen atoms in total. The molecule has 0 aromatic carbocycles. The maximum absolute atomic E-state index is 11.3. The molecule has 4 heteroatoms. The lowest BCUT2D eigenvalue weighted by atomic mass is 10.2. The Balaban J connectivity index is 3.29. The molecule has 0 N–H and O–H groups in total. The molecule has 106 valence electrons. The highest BCUT2D eigenvalue weighted by molar-refractivity contribution is 5.70. The standard InChI is InChI=1S/C14H26O4/c1-3-5-6-9-12-18-14(16)11-8-7-10-13(15)17-4-2/h3-12H2,1-2H3. The maximum atomic E-state index is 11.3. The lowest BCUT2D eigenvalue weighted by Crippen LogP contribution is -2.07. The fourth-order valence-corrected chi connectivity index (χ4v) is 1.56. The molecule has 0 aliphatic carbocycles. The lowest BCUT2D eigenvalue weighted by molar-refractivity contribution is -0.145. The van der Waals surface area contributed by atoms with Gasteiger partial charge in [0.15, 0.2) is 0 Å². The molecule has 0 heterocycles. The number of carbonyl (C=O) groups is 2. The zero-order chi connectivity index (χ0) is 13.6. The van der Waals surface area contributed by atoms with E-state index in [2.05, 4.69) is 6.92 Å². The predicted octanol–water partition coefficient (Wildman–Crippen LogP) is 3.23. The van der Waals surface area contributed by atoms with Crippen LogP contribution in [0, 0.1) is 0 Å². The van der Waals surface area contributed by atoms with E-state index in [1.165, 1.54) is 12.8 Å². The molecule has 0 radical (unpaired) electrons. The van der Waals surface area contributed by atoms with E-state index in [0.29, 0.717) is 38.9 Å². The second-order valence-electron chi connectivity index (χ2n) is 4.29. The van der Waals surface area contributed by atoms with Gasteiger partial charge in [0.1, 0.15) is 0 Å². The van der Waals surface area contributed by atoms with E-state index in [4.69, 9.17) is 9.47 Å². The molecule has 0 fully saturated rings. The summed E-state index contributed by atoms with van der Waals surface area (Å²) in [4.78, 5) is 22.3. The minimum atomic E-state index is -0.189. The molecule has 0 amide bonds. The Morgan fingerprint density at radius 1 is 0.778 bits per heavy atom. The molecule has 0 saturated heterocycles. The number of ether oxygens (including phenoxy) is 2. The predicted molar refractivity (Wildman–Crippen MR) is 70.2 cm³/mol. The molecule has 18 heavy (non-hydrogen) atoms. The van der Waals surface area contributed by atoms with E-state index in [0.717, 1.165) is 12.8 Å². The molecule has 0 aromatic rings. The topological polar surface area (TPSA) is 52.6 Å². The first kappa shape index (κ1) is 16.9. The molecular formula is C14H26O4. The summed E-state index contributed by atoms with van der Waals surface area (Å²) in [6.45, 7) is 4.87. The highest BCUT2D eigenvalue weighted by Gasteiger charge is 2.05. The van der Waals surface area contributed by atoms with Gasteiger partial charge in [-0.2, -0.15) is 0 Å². The average Bonchev–Trinajstić information content (AvgIpc) is 2.35. The van der Waals surface area contributed by atoms with Crippen molar-refractivity contribution >= 4 is 11.9 Å². The van der Waals surface area contributed by atoms with Crippen molar-refractivity contribution in [2.45, 2.75) is 65.2 Å². The SMILES string of the molecule is CCCCCCOC(=O)CCCCC(=O)OCC. The Morgan fingerprint density at radius 2 is 1.39 bits per heavy atom. The Morgan fingerprint density at radius 3 is 1.94 bits per heavy atom. The van der Waals surface area contributed by atoms with Crippen LogP contribution in [0.15, 0.2) is 0 Å². The summed E-state index contributed by atoms with van der Waals surface area (Å²) < 4.78 is 9.88. The van der Waals surface area contributed by atoms with Gasteiger partial charge in [-0.3, -0.25) is 9.59 Å². The first-order chi connectivity index (χ1) is 8.70. The zero-order valence-corrected chi connectivity index (χ0v) is 11.7. The summed E-state index contributed by atoms with van der Waals surface area (Å²) in [6.07, 6.45) is 6.59. The van der Waals surface area contributed by atoms with Crippen molar-refractivity contribution in [3.63, 3.8) is 0 Å². The van der Waals surface area contributed by atoms with Gasteiger partial charge >= 0.3 is 11.9 Å². The van der Waals surface area contributed by atoms with E-state index in [9.17, 15) is 9.59 Å². The van der Waals surface area contributed by atoms with Gasteiger partial charge < -0.3 is 9.47 Å². The van der Waals surface area contributed by atoms with Crippen molar-refractivity contribution in [2.24, 2.45) is 0 Å². The van der Waals surface area contributed by atoms with Crippen molar-refractivity contribution < 1.29 is 19.1 Å². The molecular weight excluding hydrogens is 232 g/mol. The van der Waals surface area contributed by atoms with Gasteiger partial charge in [-0.25, -0.2) is 0 Å². The molecule has 0 aliphatic heterocycles. The number of hydrogen-bond acceptors (Lipinski definition) is 4. The monoisotopic (exact) mass is 258 g/mol. The molecule has 0 saturated carbocycles. The number of unbranched alkanes of at least 4 members (excludes halogenated alkanes) is 4. The van der Waals surface area contributed by atoms with Crippen LogP contribution in [0.2, 0.25) is 0 Å². The summed E-state index contributed by atoms with van der Waals surface area (Å²) in [5, 5.41) is 0. The van der Waals surface area contributed by atoms with Crippen LogP contribution in [0.4, 0.5) is 0 Å². The van der Waals surface area contributed by atoms with Gasteiger partial charge in [-0.15, -0.1) is 0 Å². The van der Waals surface area contributed by atoms with Gasteiger partial charge in [-0.05, 0) is 26.2 Å². The van der Waals surface area contributed by atoms with Crippen LogP contribution in [-0.4, -0.2) is 25.2 Å². The normalized spacial score (nSPS) is 10.1. The molecule has 0 atom stereocenters. The molecule has 0 aliphatic rings. The van der Waals surface area contributed by atoms with E-state index < -0.39 is 0 Å². The highest BCUT2D eigenvalue weighted by Crippen LogP contribution is 2.04. The van der Waals surface area contributed by atoms with Gasteiger partial charge in [0.05, 0.1) is 13.2 Å². The Kier molecular flexibility index (Phi) is 11.7. The third-order valence-corrected chi connectivity index (χ3v) is 2.58. The third kappa shape index (κ3) is 11.4. The molecule has 0 spiro atoms. The van der Waals surface area contributed by atoms with Gasteiger partial charge in [0.25, 0.3) is 0 Å². The van der Waals surface area contributed by atoms with Crippen LogP contribution in [-0.2, 0) is 19.1 Å². The third-order valence-electron chi connectivity index (χ3n) is 2.58. The summed E-state index contributed by atoms with van der Waals surface area (Å²) in [5.41, 5.74) is 0. The number of hydrogen-bond donors (Lipinski definition) is 0. The van der Waals surface area contributed by atoms with Crippen LogP contribution in [0.5, 0.6) is 0 Å². The van der Waals surface area contributed by atoms with Gasteiger partial charge in [0.2, 0.25) is 0 Å². The zero-order valence-electron chi connectivity index (χ0n) is 11.7. The first-order valence-electron chi connectivity index (χ1n) is 7.02. The Hall–Kier alpha value is -1.06. The lowest BCUT2D eigenvalue weighted by Gasteiger charge is -2.04. The summed E-state index contributed by atoms with van der Waals surface area (Å²) >= 11 is 0. The fourth-order valence-electron chi connectivity index (χ4n) is 1.56. The van der Waals surface area contributed by atoms with Crippen LogP contribution in [0.3, 0.4) is 0 Å². The number of esters is 2. The number of carbonyl (C=O) groups excluding carboxylic acids is 2. The van der Waals surface area contributed by atoms with E-state index in [1.807, 2.05) is 0 Å². The first-order valence-corrected chi connectivity index (χ1v) is 7.02. The quantitative estimate of drug-likeness (QED) is 0.422. The summed E-state index contributed by atoms with van der Waals surface area (Å²) in [6, 6.07) is 0. The van der Waals surface area contributed by atoms with Crippen molar-refractivity contribution in [2.75, 3.05) is 13.2 Å². The largest absolute Gasteiger partial charge is 0.466 e. The van der Waals surface area contributed by atoms with E-state index >= 15 is 0 Å². The highest BCUT2D eigenvalue weighted by atomic mass is 16.5. The second-order valence-corrected chi connectivity index (χ2v) is 4.29. The Labute approximate surface area is 110 Å².